The monoisotopic (exact) mass is 436 g/mol. The van der Waals surface area contributed by atoms with Crippen LogP contribution in [0.1, 0.15) is 56.6 Å². The van der Waals surface area contributed by atoms with E-state index < -0.39 is 0 Å². The molecule has 0 aromatic carbocycles. The van der Waals surface area contributed by atoms with E-state index in [0.29, 0.717) is 32.0 Å². The summed E-state index contributed by atoms with van der Waals surface area (Å²) in [4.78, 5) is 32.8. The molecule has 170 valence electrons. The number of aromatic nitrogens is 5. The number of imidazole rings is 1. The topological polar surface area (TPSA) is 78.0 Å². The molecule has 1 aliphatic heterocycles. The predicted molar refractivity (Wildman–Crippen MR) is 122 cm³/mol. The molecule has 0 unspecified atom stereocenters. The fourth-order valence-corrected chi connectivity index (χ4v) is 5.38. The maximum absolute atomic E-state index is 13.5. The summed E-state index contributed by atoms with van der Waals surface area (Å²) in [5, 5.41) is 4.26. The molecule has 0 spiro atoms. The van der Waals surface area contributed by atoms with E-state index in [9.17, 15) is 9.59 Å². The van der Waals surface area contributed by atoms with Gasteiger partial charge in [0.1, 0.15) is 0 Å². The fraction of sp³-hybridized carbons (Fsp3) is 0.583. The number of hydrogen-bond donors (Lipinski definition) is 0. The predicted octanol–water partition coefficient (Wildman–Crippen LogP) is 3.15. The number of fused-ring (bicyclic) bond motifs is 1. The Kier molecular flexibility index (Phi) is 5.85. The lowest BCUT2D eigenvalue weighted by Gasteiger charge is -2.21. The van der Waals surface area contributed by atoms with Gasteiger partial charge in [-0.3, -0.25) is 18.6 Å². The highest BCUT2D eigenvalue weighted by atomic mass is 16.2. The Morgan fingerprint density at radius 3 is 2.81 bits per heavy atom. The zero-order chi connectivity index (χ0) is 22.1. The normalized spacial score (nSPS) is 19.8. The molecular formula is C24H32N6O2. The van der Waals surface area contributed by atoms with Crippen molar-refractivity contribution in [2.45, 2.75) is 71.0 Å². The first-order valence-corrected chi connectivity index (χ1v) is 11.9. The average Bonchev–Trinajstić information content (AvgIpc) is 3.52. The lowest BCUT2D eigenvalue weighted by molar-refractivity contribution is -0.130. The molecular weight excluding hydrogens is 404 g/mol. The standard InChI is InChI=1S/C24H32N6O2/c1-18-14-26-28(15-18)13-10-22(31)27-12-9-20(17-27)30-23-21(8-5-11-25-23)29(24(30)32)16-19-6-3-2-4-7-19/h5,8,11,14-15,19-20H,2-4,6-7,9-10,12-13,16-17H2,1H3/t20-/m1/s1. The largest absolute Gasteiger partial charge is 0.340 e. The van der Waals surface area contributed by atoms with Gasteiger partial charge in [-0.15, -0.1) is 0 Å². The van der Waals surface area contributed by atoms with Crippen molar-refractivity contribution in [2.75, 3.05) is 13.1 Å². The molecule has 8 nitrogen and oxygen atoms in total. The summed E-state index contributed by atoms with van der Waals surface area (Å²) in [6.07, 6.45) is 12.9. The van der Waals surface area contributed by atoms with Gasteiger partial charge in [0.2, 0.25) is 5.91 Å². The van der Waals surface area contributed by atoms with E-state index >= 15 is 0 Å². The van der Waals surface area contributed by atoms with Crippen molar-refractivity contribution in [1.29, 1.82) is 0 Å². The molecule has 1 atom stereocenters. The van der Waals surface area contributed by atoms with Crippen molar-refractivity contribution in [3.05, 3.63) is 46.8 Å². The first-order chi connectivity index (χ1) is 15.6. The fourth-order valence-electron chi connectivity index (χ4n) is 5.38. The average molecular weight is 437 g/mol. The lowest BCUT2D eigenvalue weighted by atomic mass is 9.89. The molecule has 2 fully saturated rings. The minimum atomic E-state index is -0.0246. The molecule has 1 saturated heterocycles. The number of aryl methyl sites for hydroxylation is 2. The van der Waals surface area contributed by atoms with E-state index in [1.807, 2.05) is 44.0 Å². The van der Waals surface area contributed by atoms with Gasteiger partial charge in [0.25, 0.3) is 0 Å². The van der Waals surface area contributed by atoms with Gasteiger partial charge in [0.15, 0.2) is 5.65 Å². The molecule has 5 rings (SSSR count). The second-order valence-electron chi connectivity index (χ2n) is 9.43. The molecule has 4 heterocycles. The van der Waals surface area contributed by atoms with Crippen LogP contribution in [0.4, 0.5) is 0 Å². The van der Waals surface area contributed by atoms with Crippen molar-refractivity contribution in [3.63, 3.8) is 0 Å². The molecule has 0 radical (unpaired) electrons. The molecule has 1 saturated carbocycles. The number of carbonyl (C=O) groups excluding carboxylic acids is 1. The first kappa shape index (κ1) is 21.0. The van der Waals surface area contributed by atoms with Crippen molar-refractivity contribution in [3.8, 4) is 0 Å². The first-order valence-electron chi connectivity index (χ1n) is 11.9. The summed E-state index contributed by atoms with van der Waals surface area (Å²) in [7, 11) is 0. The summed E-state index contributed by atoms with van der Waals surface area (Å²) < 4.78 is 5.60. The van der Waals surface area contributed by atoms with Crippen LogP contribution in [0.5, 0.6) is 0 Å². The van der Waals surface area contributed by atoms with Crippen molar-refractivity contribution in [1.82, 2.24) is 28.8 Å². The SMILES string of the molecule is Cc1cnn(CCC(=O)N2CC[C@@H](n3c(=O)n(CC4CCCCC4)c4cccnc43)C2)c1. The molecule has 3 aromatic rings. The molecule has 1 amide bonds. The molecule has 3 aromatic heterocycles. The Morgan fingerprint density at radius 1 is 1.19 bits per heavy atom. The maximum atomic E-state index is 13.5. The Hall–Kier alpha value is -2.90. The quantitative estimate of drug-likeness (QED) is 0.595. The smallest absolute Gasteiger partial charge is 0.330 e. The maximum Gasteiger partial charge on any atom is 0.330 e. The third kappa shape index (κ3) is 4.10. The van der Waals surface area contributed by atoms with E-state index in [2.05, 4.69) is 10.1 Å². The number of carbonyl (C=O) groups is 1. The summed E-state index contributed by atoms with van der Waals surface area (Å²) >= 11 is 0. The molecule has 0 bridgehead atoms. The molecule has 32 heavy (non-hydrogen) atoms. The summed E-state index contributed by atoms with van der Waals surface area (Å²) in [5.41, 5.74) is 2.78. The minimum absolute atomic E-state index is 0.0237. The van der Waals surface area contributed by atoms with Gasteiger partial charge in [-0.1, -0.05) is 19.3 Å². The van der Waals surface area contributed by atoms with Crippen molar-refractivity contribution < 1.29 is 4.79 Å². The Bertz CT molecular complexity index is 1150. The van der Waals surface area contributed by atoms with E-state index in [4.69, 9.17) is 0 Å². The van der Waals surface area contributed by atoms with Gasteiger partial charge in [-0.2, -0.15) is 5.10 Å². The molecule has 2 aliphatic rings. The van der Waals surface area contributed by atoms with Crippen LogP contribution >= 0.6 is 0 Å². The van der Waals surface area contributed by atoms with E-state index in [1.54, 1.807) is 12.4 Å². The Labute approximate surface area is 187 Å². The second kappa shape index (κ2) is 8.92. The van der Waals surface area contributed by atoms with Crippen LogP contribution in [0, 0.1) is 12.8 Å². The van der Waals surface area contributed by atoms with Gasteiger partial charge in [-0.25, -0.2) is 9.78 Å². The number of likely N-dealkylation sites (tertiary alicyclic amines) is 1. The highest BCUT2D eigenvalue weighted by molar-refractivity contribution is 5.76. The molecule has 1 aliphatic carbocycles. The third-order valence-electron chi connectivity index (χ3n) is 7.09. The number of nitrogens with zero attached hydrogens (tertiary/aromatic N) is 6. The van der Waals surface area contributed by atoms with Crippen molar-refractivity contribution >= 4 is 17.1 Å². The number of pyridine rings is 1. The van der Waals surface area contributed by atoms with Crippen LogP contribution in [0.15, 0.2) is 35.5 Å². The summed E-state index contributed by atoms with van der Waals surface area (Å²) in [6.45, 7) is 4.59. The van der Waals surface area contributed by atoms with Crippen LogP contribution in [-0.4, -0.2) is 47.8 Å². The van der Waals surface area contributed by atoms with Crippen LogP contribution in [-0.2, 0) is 17.9 Å². The van der Waals surface area contributed by atoms with Gasteiger partial charge in [0, 0.05) is 45.0 Å². The zero-order valence-corrected chi connectivity index (χ0v) is 18.8. The number of hydrogen-bond acceptors (Lipinski definition) is 4. The molecule has 0 N–H and O–H groups in total. The summed E-state index contributed by atoms with van der Waals surface area (Å²) in [5.74, 6) is 0.681. The van der Waals surface area contributed by atoms with Gasteiger partial charge < -0.3 is 4.90 Å². The Balaban J connectivity index is 1.33. The number of rotatable bonds is 6. The zero-order valence-electron chi connectivity index (χ0n) is 18.8. The third-order valence-corrected chi connectivity index (χ3v) is 7.09. The van der Waals surface area contributed by atoms with E-state index in [1.165, 1.54) is 32.1 Å². The van der Waals surface area contributed by atoms with Crippen LogP contribution in [0.25, 0.3) is 11.2 Å². The molecule has 8 heteroatoms. The van der Waals surface area contributed by atoms with Crippen molar-refractivity contribution in [2.24, 2.45) is 5.92 Å². The number of amides is 1. The highest BCUT2D eigenvalue weighted by Crippen LogP contribution is 2.28. The van der Waals surface area contributed by atoms with Gasteiger partial charge in [0.05, 0.1) is 17.8 Å². The summed E-state index contributed by atoms with van der Waals surface area (Å²) in [6, 6.07) is 3.89. The van der Waals surface area contributed by atoms with Crippen LogP contribution in [0.2, 0.25) is 0 Å². The highest BCUT2D eigenvalue weighted by Gasteiger charge is 2.31. The van der Waals surface area contributed by atoms with Gasteiger partial charge in [-0.05, 0) is 49.8 Å². The van der Waals surface area contributed by atoms with E-state index in [-0.39, 0.29) is 17.6 Å². The minimum Gasteiger partial charge on any atom is -0.340 e. The van der Waals surface area contributed by atoms with Crippen LogP contribution in [0.3, 0.4) is 0 Å². The Morgan fingerprint density at radius 2 is 2.03 bits per heavy atom. The van der Waals surface area contributed by atoms with Crippen LogP contribution < -0.4 is 5.69 Å². The van der Waals surface area contributed by atoms with E-state index in [0.717, 1.165) is 29.7 Å². The second-order valence-corrected chi connectivity index (χ2v) is 9.43. The van der Waals surface area contributed by atoms with Gasteiger partial charge >= 0.3 is 5.69 Å². The lowest BCUT2D eigenvalue weighted by Crippen LogP contribution is -2.33.